The van der Waals surface area contributed by atoms with Crippen molar-refractivity contribution in [1.29, 1.82) is 0 Å². The van der Waals surface area contributed by atoms with Gasteiger partial charge >= 0.3 is 53.5 Å². The Morgan fingerprint density at radius 1 is 0.885 bits per heavy atom. The predicted molar refractivity (Wildman–Crippen MR) is 118 cm³/mol. The summed E-state index contributed by atoms with van der Waals surface area (Å²) >= 11 is -1.65. The molecule has 0 heterocycles. The number of hydrogen-bond acceptors (Lipinski definition) is 0. The third-order valence-corrected chi connectivity index (χ3v) is 23.8. The molecule has 136 valence electrons. The van der Waals surface area contributed by atoms with Gasteiger partial charge in [0.2, 0.25) is 0 Å². The first-order valence-corrected chi connectivity index (χ1v) is 21.3. The zero-order valence-corrected chi connectivity index (χ0v) is 20.4. The van der Waals surface area contributed by atoms with E-state index in [-0.39, 0.29) is 5.43 Å². The van der Waals surface area contributed by atoms with Crippen LogP contribution in [-0.2, 0) is 24.4 Å². The van der Waals surface area contributed by atoms with Crippen LogP contribution < -0.4 is 0 Å². The van der Waals surface area contributed by atoms with E-state index in [0.717, 1.165) is 6.42 Å². The fourth-order valence-electron chi connectivity index (χ4n) is 2.49. The van der Waals surface area contributed by atoms with E-state index in [1.165, 1.54) is 27.1 Å². The van der Waals surface area contributed by atoms with E-state index in [0.29, 0.717) is 0 Å². The van der Waals surface area contributed by atoms with E-state index in [1.54, 1.807) is 0 Å². The molecule has 0 spiro atoms. The van der Waals surface area contributed by atoms with Gasteiger partial charge in [-0.15, -0.1) is 70.3 Å². The van der Waals surface area contributed by atoms with Gasteiger partial charge in [0.15, 0.2) is 0 Å². The average molecular weight is 479 g/mol. The van der Waals surface area contributed by atoms with Crippen molar-refractivity contribution in [2.24, 2.45) is 0 Å². The molecular formula is C22H24Cl2SiZr-2. The van der Waals surface area contributed by atoms with Crippen LogP contribution in [0.5, 0.6) is 0 Å². The van der Waals surface area contributed by atoms with E-state index in [2.05, 4.69) is 98.9 Å². The Bertz CT molecular complexity index is 901. The Hall–Kier alpha value is -0.660. The molecule has 0 aromatic heterocycles. The molecule has 0 aliphatic carbocycles. The molecule has 0 aliphatic heterocycles. The van der Waals surface area contributed by atoms with Crippen LogP contribution >= 0.6 is 17.0 Å². The summed E-state index contributed by atoms with van der Waals surface area (Å²) in [5.74, 6) is 0. The second-order valence-corrected chi connectivity index (χ2v) is 29.2. The Labute approximate surface area is 171 Å². The van der Waals surface area contributed by atoms with E-state index in [1.807, 2.05) is 0 Å². The van der Waals surface area contributed by atoms with Gasteiger partial charge in [0, 0.05) is 0 Å². The van der Waals surface area contributed by atoms with Gasteiger partial charge in [-0.25, -0.2) is 0 Å². The Morgan fingerprint density at radius 2 is 1.46 bits per heavy atom. The molecular weight excluding hydrogens is 454 g/mol. The molecule has 26 heavy (non-hydrogen) atoms. The van der Waals surface area contributed by atoms with Crippen LogP contribution in [0, 0.1) is 0 Å². The zero-order valence-electron chi connectivity index (χ0n) is 15.5. The first-order valence-electron chi connectivity index (χ1n) is 8.74. The first-order chi connectivity index (χ1) is 12.5. The van der Waals surface area contributed by atoms with Crippen LogP contribution in [0.4, 0.5) is 0 Å². The summed E-state index contributed by atoms with van der Waals surface area (Å²) in [5.41, 5.74) is 1.21. The van der Waals surface area contributed by atoms with Crippen molar-refractivity contribution in [1.82, 2.24) is 0 Å². The van der Waals surface area contributed by atoms with Crippen molar-refractivity contribution in [2.75, 3.05) is 0 Å². The molecule has 0 nitrogen and oxygen atoms in total. The van der Waals surface area contributed by atoms with Crippen molar-refractivity contribution in [3.05, 3.63) is 84.4 Å². The Balaban J connectivity index is 0.000000147. The van der Waals surface area contributed by atoms with E-state index in [4.69, 9.17) is 17.0 Å². The van der Waals surface area contributed by atoms with Crippen molar-refractivity contribution in [3.63, 3.8) is 0 Å². The summed E-state index contributed by atoms with van der Waals surface area (Å²) in [4.78, 5) is 0. The average Bonchev–Trinajstić information content (AvgIpc) is 3.28. The molecule has 0 N–H and O–H groups in total. The van der Waals surface area contributed by atoms with Crippen LogP contribution in [0.2, 0.25) is 13.1 Å². The molecule has 4 heteroatoms. The molecule has 0 bridgehead atoms. The Kier molecular flexibility index (Phi) is 9.36. The predicted octanol–water partition coefficient (Wildman–Crippen LogP) is 7.84. The van der Waals surface area contributed by atoms with E-state index < -0.39 is 18.0 Å². The largest absolute Gasteiger partial charge is 0.168 e. The molecule has 0 aliphatic rings. The minimum absolute atomic E-state index is 0.224. The third kappa shape index (κ3) is 6.82. The fraction of sp³-hybridized carbons (Fsp3) is 0.182. The van der Waals surface area contributed by atoms with Crippen LogP contribution in [-0.4, -0.2) is 5.43 Å². The number of benzene rings is 2. The summed E-state index contributed by atoms with van der Waals surface area (Å²) in [7, 11) is 11.2. The smallest absolute Gasteiger partial charge is 0.0809 e. The van der Waals surface area contributed by atoms with E-state index >= 15 is 0 Å². The maximum absolute atomic E-state index is 5.62. The van der Waals surface area contributed by atoms with Gasteiger partial charge in [-0.2, -0.15) is 23.6 Å². The standard InChI is InChI=1S/C11H11.C9H7.C2H6Si.2ClH.Zr/c1-2-9-7-10-5-3-4-6-11(10)8-9;1-2-5-9-7-3-6-8(9)4-1;1-3-2;;;/h3-8H,2H2,1H3;1-7H;1-2H3;2*1H;/q2*-1;;;;+2/p-2. The monoisotopic (exact) mass is 476 g/mol. The molecule has 4 aromatic rings. The second-order valence-electron chi connectivity index (χ2n) is 6.26. The summed E-state index contributed by atoms with van der Waals surface area (Å²) in [6, 6.07) is 27.7. The molecule has 0 saturated heterocycles. The Morgan fingerprint density at radius 3 is 2.00 bits per heavy atom. The molecule has 0 fully saturated rings. The van der Waals surface area contributed by atoms with Crippen molar-refractivity contribution >= 4 is 44.0 Å². The molecule has 0 unspecified atom stereocenters. The van der Waals surface area contributed by atoms with Gasteiger partial charge in [-0.05, 0) is 6.42 Å². The van der Waals surface area contributed by atoms with Crippen molar-refractivity contribution < 1.29 is 18.0 Å². The maximum Gasteiger partial charge on any atom is -0.0809 e. The van der Waals surface area contributed by atoms with Gasteiger partial charge < -0.3 is 0 Å². The number of hydrogen-bond donors (Lipinski definition) is 0. The maximum atomic E-state index is 5.62. The molecule has 0 atom stereocenters. The number of fused-ring (bicyclic) bond motifs is 2. The van der Waals surface area contributed by atoms with Crippen LogP contribution in [0.3, 0.4) is 0 Å². The summed E-state index contributed by atoms with van der Waals surface area (Å²) in [6.07, 6.45) is 1.13. The summed E-state index contributed by atoms with van der Waals surface area (Å²) in [5, 5.41) is 5.39. The SMILES string of the molecule is CCc1cc2ccccc2[cH-]1.C[Si](C)=[Zr]([Cl])[Cl].c1ccc2[cH-]ccc2c1. The third-order valence-electron chi connectivity index (χ3n) is 4.01. The summed E-state index contributed by atoms with van der Waals surface area (Å²) in [6.45, 7) is 6.52. The quantitative estimate of drug-likeness (QED) is 0.193. The topological polar surface area (TPSA) is 0 Å². The minimum Gasteiger partial charge on any atom is -0.168 e. The number of halogens is 2. The minimum atomic E-state index is -1.65. The van der Waals surface area contributed by atoms with Crippen molar-refractivity contribution in [2.45, 2.75) is 26.4 Å². The van der Waals surface area contributed by atoms with Crippen LogP contribution in [0.1, 0.15) is 12.5 Å². The summed E-state index contributed by atoms with van der Waals surface area (Å²) < 4.78 is 0. The normalized spacial score (nSPS) is 9.88. The number of aryl methyl sites for hydroxylation is 1. The molecule has 4 aromatic carbocycles. The first kappa shape index (κ1) is 21.6. The number of rotatable bonds is 1. The van der Waals surface area contributed by atoms with Gasteiger partial charge in [0.25, 0.3) is 0 Å². The van der Waals surface area contributed by atoms with Crippen LogP contribution in [0.15, 0.2) is 78.9 Å². The van der Waals surface area contributed by atoms with Crippen molar-refractivity contribution in [3.8, 4) is 0 Å². The van der Waals surface area contributed by atoms with Gasteiger partial charge in [-0.3, -0.25) is 0 Å². The molecule has 0 radical (unpaired) electrons. The fourth-order valence-corrected chi connectivity index (χ4v) is 2.49. The van der Waals surface area contributed by atoms with Crippen LogP contribution in [0.25, 0.3) is 21.5 Å². The van der Waals surface area contributed by atoms with Gasteiger partial charge in [-0.1, -0.05) is 19.1 Å². The van der Waals surface area contributed by atoms with E-state index in [9.17, 15) is 0 Å². The van der Waals surface area contributed by atoms with Gasteiger partial charge in [0.1, 0.15) is 0 Å². The molecule has 0 saturated carbocycles. The molecule has 0 amide bonds. The molecule has 4 rings (SSSR count). The second kappa shape index (κ2) is 11.2. The van der Waals surface area contributed by atoms with Gasteiger partial charge in [0.05, 0.1) is 0 Å². The zero-order chi connectivity index (χ0) is 18.9.